The van der Waals surface area contributed by atoms with Crippen LogP contribution in [0.5, 0.6) is 0 Å². The molecule has 2 rings (SSSR count). The van der Waals surface area contributed by atoms with E-state index in [4.69, 9.17) is 0 Å². The summed E-state index contributed by atoms with van der Waals surface area (Å²) in [6.45, 7) is 3.21. The minimum atomic E-state index is -1.10. The molecule has 1 aliphatic rings. The topological polar surface area (TPSA) is 54.5 Å². The van der Waals surface area contributed by atoms with E-state index >= 15 is 0 Å². The Morgan fingerprint density at radius 1 is 1.24 bits per heavy atom. The molecule has 0 aliphatic carbocycles. The molecular formula is C13H13NO3. The molecule has 0 spiro atoms. The molecule has 1 fully saturated rings. The summed E-state index contributed by atoms with van der Waals surface area (Å²) in [5.41, 5.74) is 1.74. The molecule has 0 radical (unpaired) electrons. The van der Waals surface area contributed by atoms with Gasteiger partial charge in [0.1, 0.15) is 5.78 Å². The van der Waals surface area contributed by atoms with Gasteiger partial charge >= 0.3 is 0 Å². The lowest BCUT2D eigenvalue weighted by Gasteiger charge is -2.15. The SMILES string of the molecule is CC(=O)C1C(=O)CN(c2ccc(C)cc2)C1=O. The normalized spacial score (nSPS) is 19.9. The third kappa shape index (κ3) is 1.98. The van der Waals surface area contributed by atoms with Crippen LogP contribution < -0.4 is 4.90 Å². The van der Waals surface area contributed by atoms with E-state index in [1.54, 1.807) is 12.1 Å². The number of ketones is 2. The zero-order valence-corrected chi connectivity index (χ0v) is 9.77. The van der Waals surface area contributed by atoms with Crippen molar-refractivity contribution in [2.45, 2.75) is 13.8 Å². The minimum Gasteiger partial charge on any atom is -0.304 e. The number of Topliss-reactive ketones (excluding diaryl/α,β-unsaturated/α-hetero) is 2. The van der Waals surface area contributed by atoms with Gasteiger partial charge in [-0.25, -0.2) is 0 Å². The van der Waals surface area contributed by atoms with Crippen LogP contribution in [0.4, 0.5) is 5.69 Å². The van der Waals surface area contributed by atoms with Crippen molar-refractivity contribution < 1.29 is 14.4 Å². The van der Waals surface area contributed by atoms with Gasteiger partial charge in [0.05, 0.1) is 6.54 Å². The van der Waals surface area contributed by atoms with Crippen molar-refractivity contribution in [2.75, 3.05) is 11.4 Å². The second kappa shape index (κ2) is 4.13. The number of hydrogen-bond donors (Lipinski definition) is 0. The van der Waals surface area contributed by atoms with Crippen LogP contribution in [0.3, 0.4) is 0 Å². The molecule has 1 unspecified atom stereocenters. The average molecular weight is 231 g/mol. The van der Waals surface area contributed by atoms with Crippen LogP contribution in [0.15, 0.2) is 24.3 Å². The highest BCUT2D eigenvalue weighted by molar-refractivity contribution is 6.28. The second-order valence-electron chi connectivity index (χ2n) is 4.27. The van der Waals surface area contributed by atoms with E-state index in [9.17, 15) is 14.4 Å². The predicted octanol–water partition coefficient (Wildman–Crippen LogP) is 1.12. The summed E-state index contributed by atoms with van der Waals surface area (Å²) >= 11 is 0. The number of anilines is 1. The van der Waals surface area contributed by atoms with E-state index in [2.05, 4.69) is 0 Å². The van der Waals surface area contributed by atoms with E-state index < -0.39 is 11.8 Å². The van der Waals surface area contributed by atoms with Crippen LogP contribution in [0.25, 0.3) is 0 Å². The number of hydrogen-bond acceptors (Lipinski definition) is 3. The second-order valence-corrected chi connectivity index (χ2v) is 4.27. The molecule has 0 bridgehead atoms. The fourth-order valence-corrected chi connectivity index (χ4v) is 1.96. The van der Waals surface area contributed by atoms with Gasteiger partial charge in [-0.05, 0) is 26.0 Å². The maximum atomic E-state index is 11.9. The van der Waals surface area contributed by atoms with Crippen molar-refractivity contribution in [1.29, 1.82) is 0 Å². The smallest absolute Gasteiger partial charge is 0.245 e. The minimum absolute atomic E-state index is 0.00780. The summed E-state index contributed by atoms with van der Waals surface area (Å²) < 4.78 is 0. The molecule has 17 heavy (non-hydrogen) atoms. The molecule has 0 aromatic heterocycles. The first-order valence-corrected chi connectivity index (χ1v) is 5.42. The highest BCUT2D eigenvalue weighted by Gasteiger charge is 2.42. The van der Waals surface area contributed by atoms with E-state index in [-0.39, 0.29) is 18.1 Å². The standard InChI is InChI=1S/C13H13NO3/c1-8-3-5-10(6-4-8)14-7-11(16)12(9(2)15)13(14)17/h3-6,12H,7H2,1-2H3. The highest BCUT2D eigenvalue weighted by Crippen LogP contribution is 2.23. The van der Waals surface area contributed by atoms with Crippen molar-refractivity contribution in [3.63, 3.8) is 0 Å². The van der Waals surface area contributed by atoms with Crippen LogP contribution in [-0.4, -0.2) is 24.0 Å². The number of carbonyl (C=O) groups excluding carboxylic acids is 3. The molecule has 1 heterocycles. The lowest BCUT2D eigenvalue weighted by atomic mass is 10.0. The summed E-state index contributed by atoms with van der Waals surface area (Å²) in [7, 11) is 0. The molecular weight excluding hydrogens is 218 g/mol. The summed E-state index contributed by atoms with van der Waals surface area (Å²) in [5, 5.41) is 0. The van der Waals surface area contributed by atoms with Crippen LogP contribution >= 0.6 is 0 Å². The molecule has 1 amide bonds. The first-order chi connectivity index (χ1) is 8.00. The highest BCUT2D eigenvalue weighted by atomic mass is 16.2. The quantitative estimate of drug-likeness (QED) is 0.716. The molecule has 0 saturated carbocycles. The summed E-state index contributed by atoms with van der Waals surface area (Å²) in [4.78, 5) is 36.1. The zero-order valence-electron chi connectivity index (χ0n) is 9.77. The van der Waals surface area contributed by atoms with Gasteiger partial charge in [0.2, 0.25) is 5.91 Å². The molecule has 1 saturated heterocycles. The van der Waals surface area contributed by atoms with E-state index in [0.29, 0.717) is 5.69 Å². The van der Waals surface area contributed by atoms with Crippen molar-refractivity contribution >= 4 is 23.2 Å². The predicted molar refractivity (Wildman–Crippen MR) is 62.7 cm³/mol. The Morgan fingerprint density at radius 2 is 1.82 bits per heavy atom. The number of amides is 1. The third-order valence-electron chi connectivity index (χ3n) is 2.90. The maximum Gasteiger partial charge on any atom is 0.245 e. The molecule has 1 aliphatic heterocycles. The zero-order chi connectivity index (χ0) is 12.6. The van der Waals surface area contributed by atoms with Crippen LogP contribution in [-0.2, 0) is 14.4 Å². The Labute approximate surface area is 99.2 Å². The Bertz CT molecular complexity index is 490. The lowest BCUT2D eigenvalue weighted by Crippen LogP contribution is -2.29. The first-order valence-electron chi connectivity index (χ1n) is 5.42. The number of rotatable bonds is 2. The Hall–Kier alpha value is -1.97. The van der Waals surface area contributed by atoms with Gasteiger partial charge in [0.25, 0.3) is 0 Å². The van der Waals surface area contributed by atoms with Gasteiger partial charge in [0, 0.05) is 5.69 Å². The largest absolute Gasteiger partial charge is 0.304 e. The van der Waals surface area contributed by atoms with Crippen molar-refractivity contribution in [2.24, 2.45) is 5.92 Å². The lowest BCUT2D eigenvalue weighted by molar-refractivity contribution is -0.134. The van der Waals surface area contributed by atoms with Crippen molar-refractivity contribution in [3.05, 3.63) is 29.8 Å². The number of aryl methyl sites for hydroxylation is 1. The monoisotopic (exact) mass is 231 g/mol. The maximum absolute atomic E-state index is 11.9. The fourth-order valence-electron chi connectivity index (χ4n) is 1.96. The van der Waals surface area contributed by atoms with Crippen LogP contribution in [0.1, 0.15) is 12.5 Å². The Balaban J connectivity index is 2.31. The first kappa shape index (κ1) is 11.5. The van der Waals surface area contributed by atoms with E-state index in [1.165, 1.54) is 11.8 Å². The van der Waals surface area contributed by atoms with E-state index in [1.807, 2.05) is 19.1 Å². The van der Waals surface area contributed by atoms with Gasteiger partial charge in [-0.2, -0.15) is 0 Å². The van der Waals surface area contributed by atoms with Gasteiger partial charge in [-0.3, -0.25) is 14.4 Å². The van der Waals surface area contributed by atoms with Crippen molar-refractivity contribution in [3.8, 4) is 0 Å². The molecule has 0 N–H and O–H groups in total. The van der Waals surface area contributed by atoms with Crippen LogP contribution in [0, 0.1) is 12.8 Å². The molecule has 88 valence electrons. The Kier molecular flexibility index (Phi) is 2.79. The summed E-state index contributed by atoms with van der Waals surface area (Å²) in [6, 6.07) is 7.30. The van der Waals surface area contributed by atoms with Crippen molar-refractivity contribution in [1.82, 2.24) is 0 Å². The van der Waals surface area contributed by atoms with Gasteiger partial charge < -0.3 is 4.90 Å². The summed E-state index contributed by atoms with van der Waals surface area (Å²) in [5.74, 6) is -2.21. The number of carbonyl (C=O) groups is 3. The fraction of sp³-hybridized carbons (Fsp3) is 0.308. The Morgan fingerprint density at radius 3 is 2.29 bits per heavy atom. The third-order valence-corrected chi connectivity index (χ3v) is 2.90. The molecule has 1 aromatic carbocycles. The summed E-state index contributed by atoms with van der Waals surface area (Å²) in [6.07, 6.45) is 0. The molecule has 1 atom stereocenters. The van der Waals surface area contributed by atoms with Gasteiger partial charge in [0.15, 0.2) is 11.7 Å². The number of benzene rings is 1. The molecule has 4 heteroatoms. The number of nitrogens with zero attached hydrogens (tertiary/aromatic N) is 1. The van der Waals surface area contributed by atoms with Crippen LogP contribution in [0.2, 0.25) is 0 Å². The van der Waals surface area contributed by atoms with Gasteiger partial charge in [-0.15, -0.1) is 0 Å². The van der Waals surface area contributed by atoms with E-state index in [0.717, 1.165) is 5.56 Å². The molecule has 1 aromatic rings. The average Bonchev–Trinajstić information content (AvgIpc) is 2.55. The molecule has 4 nitrogen and oxygen atoms in total. The van der Waals surface area contributed by atoms with Gasteiger partial charge in [-0.1, -0.05) is 17.7 Å².